The Hall–Kier alpha value is -1.00. The van der Waals surface area contributed by atoms with E-state index in [0.717, 1.165) is 19.3 Å². The van der Waals surface area contributed by atoms with Crippen LogP contribution in [0, 0.1) is 12.3 Å². The number of allylic oxidation sites excluding steroid dienone is 4. The molecule has 0 saturated carbocycles. The molecule has 0 amide bonds. The molecule has 0 aromatic heterocycles. The van der Waals surface area contributed by atoms with Gasteiger partial charge in [-0.25, -0.2) is 0 Å². The predicted octanol–water partition coefficient (Wildman–Crippen LogP) is 3.84. The highest BCUT2D eigenvalue weighted by Crippen LogP contribution is 2.15. The lowest BCUT2D eigenvalue weighted by molar-refractivity contribution is 0.110. The van der Waals surface area contributed by atoms with Crippen molar-refractivity contribution in [3.63, 3.8) is 0 Å². The summed E-state index contributed by atoms with van der Waals surface area (Å²) >= 11 is 0. The van der Waals surface area contributed by atoms with Crippen LogP contribution in [0.3, 0.4) is 0 Å². The summed E-state index contributed by atoms with van der Waals surface area (Å²) in [5.74, 6) is 2.40. The van der Waals surface area contributed by atoms with Gasteiger partial charge in [0.05, 0.1) is 0 Å². The van der Waals surface area contributed by atoms with E-state index in [2.05, 4.69) is 38.8 Å². The van der Waals surface area contributed by atoms with E-state index in [4.69, 9.17) is 6.42 Å². The average Bonchev–Trinajstić information content (AvgIpc) is 2.17. The molecule has 1 unspecified atom stereocenters. The van der Waals surface area contributed by atoms with Crippen molar-refractivity contribution in [3.8, 4) is 12.3 Å². The molecule has 0 saturated heterocycles. The summed E-state index contributed by atoms with van der Waals surface area (Å²) in [6.45, 7) is 8.03. The second-order valence-corrected chi connectivity index (χ2v) is 4.84. The maximum Gasteiger partial charge on any atom is 0.122 e. The first kappa shape index (κ1) is 15.0. The molecule has 0 aliphatic heterocycles. The summed E-state index contributed by atoms with van der Waals surface area (Å²) < 4.78 is 0. The van der Waals surface area contributed by atoms with Gasteiger partial charge in [-0.15, -0.1) is 6.42 Å². The van der Waals surface area contributed by atoms with Crippen LogP contribution in [0.5, 0.6) is 0 Å². The predicted molar refractivity (Wildman–Crippen MR) is 71.1 cm³/mol. The van der Waals surface area contributed by atoms with Crippen LogP contribution >= 0.6 is 0 Å². The van der Waals surface area contributed by atoms with Gasteiger partial charge >= 0.3 is 0 Å². The van der Waals surface area contributed by atoms with Gasteiger partial charge in [0, 0.05) is 0 Å². The van der Waals surface area contributed by atoms with Crippen LogP contribution in [0.4, 0.5) is 0 Å². The number of terminal acetylenes is 1. The van der Waals surface area contributed by atoms with Crippen molar-refractivity contribution in [1.82, 2.24) is 0 Å². The molecule has 0 fully saturated rings. The van der Waals surface area contributed by atoms with Crippen molar-refractivity contribution in [1.29, 1.82) is 0 Å². The van der Waals surface area contributed by atoms with E-state index in [-0.39, 0.29) is 0 Å². The Bertz CT molecular complexity index is 296. The standard InChI is InChI=1S/C15H24O/c1-6-15(5,16)12-8-11-14(4)10-7-9-13(2)3/h1,9-10,16H,7-8,11-12H2,2-5H3/b14-10+. The first-order valence-corrected chi connectivity index (χ1v) is 5.86. The molecule has 0 rings (SSSR count). The first-order chi connectivity index (χ1) is 7.37. The van der Waals surface area contributed by atoms with Crippen molar-refractivity contribution >= 4 is 0 Å². The van der Waals surface area contributed by atoms with E-state index in [1.54, 1.807) is 6.92 Å². The Morgan fingerprint density at radius 2 is 1.94 bits per heavy atom. The summed E-state index contributed by atoms with van der Waals surface area (Å²) in [6, 6.07) is 0. The molecule has 0 aromatic carbocycles. The zero-order valence-electron chi connectivity index (χ0n) is 11.0. The summed E-state index contributed by atoms with van der Waals surface area (Å²) in [7, 11) is 0. The molecule has 1 atom stereocenters. The van der Waals surface area contributed by atoms with Gasteiger partial charge in [0.1, 0.15) is 5.60 Å². The third kappa shape index (κ3) is 8.32. The number of aliphatic hydroxyl groups is 1. The van der Waals surface area contributed by atoms with E-state index in [0.29, 0.717) is 6.42 Å². The smallest absolute Gasteiger partial charge is 0.122 e. The van der Waals surface area contributed by atoms with Gasteiger partial charge < -0.3 is 5.11 Å². The zero-order chi connectivity index (χ0) is 12.6. The summed E-state index contributed by atoms with van der Waals surface area (Å²) in [5, 5.41) is 9.62. The van der Waals surface area contributed by atoms with Crippen LogP contribution in [0.1, 0.15) is 53.4 Å². The Morgan fingerprint density at radius 3 is 2.44 bits per heavy atom. The van der Waals surface area contributed by atoms with Crippen molar-refractivity contribution in [3.05, 3.63) is 23.3 Å². The Labute approximate surface area is 100 Å². The lowest BCUT2D eigenvalue weighted by Crippen LogP contribution is -2.20. The van der Waals surface area contributed by atoms with Crippen LogP contribution in [0.2, 0.25) is 0 Å². The van der Waals surface area contributed by atoms with Crippen LogP contribution in [0.25, 0.3) is 0 Å². The summed E-state index contributed by atoms with van der Waals surface area (Å²) in [5.41, 5.74) is 1.77. The minimum absolute atomic E-state index is 0.664. The molecule has 0 aromatic rings. The molecule has 0 aliphatic rings. The third-order valence-corrected chi connectivity index (χ3v) is 2.54. The van der Waals surface area contributed by atoms with Crippen LogP contribution in [0.15, 0.2) is 23.3 Å². The number of rotatable bonds is 6. The van der Waals surface area contributed by atoms with Crippen LogP contribution in [-0.2, 0) is 0 Å². The van der Waals surface area contributed by atoms with Gasteiger partial charge in [0.25, 0.3) is 0 Å². The minimum atomic E-state index is -0.944. The fourth-order valence-corrected chi connectivity index (χ4v) is 1.38. The fraction of sp³-hybridized carbons (Fsp3) is 0.600. The van der Waals surface area contributed by atoms with E-state index < -0.39 is 5.60 Å². The molecular formula is C15H24O. The van der Waals surface area contributed by atoms with E-state index in [9.17, 15) is 5.11 Å². The van der Waals surface area contributed by atoms with Crippen molar-refractivity contribution in [2.75, 3.05) is 0 Å². The van der Waals surface area contributed by atoms with Gasteiger partial charge in [-0.05, 0) is 53.4 Å². The maximum absolute atomic E-state index is 9.62. The SMILES string of the molecule is C#CC(C)(O)CCC/C(C)=C/CC=C(C)C. The first-order valence-electron chi connectivity index (χ1n) is 5.86. The van der Waals surface area contributed by atoms with E-state index in [1.165, 1.54) is 11.1 Å². The lowest BCUT2D eigenvalue weighted by atomic mass is 9.98. The molecule has 0 bridgehead atoms. The Kier molecular flexibility index (Phi) is 6.85. The fourth-order valence-electron chi connectivity index (χ4n) is 1.38. The van der Waals surface area contributed by atoms with Gasteiger partial charge in [-0.2, -0.15) is 0 Å². The Balaban J connectivity index is 3.87. The molecule has 90 valence electrons. The van der Waals surface area contributed by atoms with Gasteiger partial charge in [-0.3, -0.25) is 0 Å². The minimum Gasteiger partial charge on any atom is -0.378 e. The highest BCUT2D eigenvalue weighted by atomic mass is 16.3. The lowest BCUT2D eigenvalue weighted by Gasteiger charge is -2.15. The molecular weight excluding hydrogens is 196 g/mol. The molecule has 1 N–H and O–H groups in total. The average molecular weight is 220 g/mol. The van der Waals surface area contributed by atoms with E-state index in [1.807, 2.05) is 0 Å². The number of hydrogen-bond acceptors (Lipinski definition) is 1. The Morgan fingerprint density at radius 1 is 1.31 bits per heavy atom. The normalized spacial score (nSPS) is 15.1. The topological polar surface area (TPSA) is 20.2 Å². The molecule has 16 heavy (non-hydrogen) atoms. The highest BCUT2D eigenvalue weighted by molar-refractivity contribution is 5.07. The van der Waals surface area contributed by atoms with Crippen LogP contribution in [-0.4, -0.2) is 10.7 Å². The van der Waals surface area contributed by atoms with Crippen LogP contribution < -0.4 is 0 Å². The quantitative estimate of drug-likeness (QED) is 0.532. The van der Waals surface area contributed by atoms with Gasteiger partial charge in [-0.1, -0.05) is 29.2 Å². The maximum atomic E-state index is 9.62. The second kappa shape index (κ2) is 7.30. The highest BCUT2D eigenvalue weighted by Gasteiger charge is 2.14. The number of hydrogen-bond donors (Lipinski definition) is 1. The summed E-state index contributed by atoms with van der Waals surface area (Å²) in [6.07, 6.45) is 13.3. The third-order valence-electron chi connectivity index (χ3n) is 2.54. The molecule has 0 aliphatic carbocycles. The zero-order valence-corrected chi connectivity index (χ0v) is 11.0. The van der Waals surface area contributed by atoms with Crippen molar-refractivity contribution < 1.29 is 5.11 Å². The van der Waals surface area contributed by atoms with Gasteiger partial charge in [0.15, 0.2) is 0 Å². The summed E-state index contributed by atoms with van der Waals surface area (Å²) in [4.78, 5) is 0. The molecule has 0 heterocycles. The van der Waals surface area contributed by atoms with Crippen molar-refractivity contribution in [2.24, 2.45) is 0 Å². The molecule has 1 nitrogen and oxygen atoms in total. The molecule has 1 heteroatoms. The molecule has 0 spiro atoms. The monoisotopic (exact) mass is 220 g/mol. The molecule has 0 radical (unpaired) electrons. The van der Waals surface area contributed by atoms with Crippen molar-refractivity contribution in [2.45, 2.75) is 59.0 Å². The second-order valence-electron chi connectivity index (χ2n) is 4.84. The largest absolute Gasteiger partial charge is 0.378 e. The van der Waals surface area contributed by atoms with E-state index >= 15 is 0 Å². The van der Waals surface area contributed by atoms with Gasteiger partial charge in [0.2, 0.25) is 0 Å².